The van der Waals surface area contributed by atoms with Gasteiger partial charge in [-0.15, -0.1) is 11.8 Å². The molecule has 2 amide bonds. The topological polar surface area (TPSA) is 84.5 Å². The third kappa shape index (κ3) is 4.85. The molecule has 1 aliphatic heterocycles. The molecule has 3 rings (SSSR count). The third-order valence-electron chi connectivity index (χ3n) is 4.19. The number of anilines is 2. The Morgan fingerprint density at radius 3 is 2.82 bits per heavy atom. The number of thioether (sulfide) groups is 1. The summed E-state index contributed by atoms with van der Waals surface area (Å²) in [5.41, 5.74) is 2.12. The molecule has 2 aromatic rings. The minimum atomic E-state index is -1.00. The number of halogens is 1. The molecule has 0 spiro atoms. The number of esters is 1. The van der Waals surface area contributed by atoms with E-state index >= 15 is 0 Å². The van der Waals surface area contributed by atoms with Crippen molar-refractivity contribution in [3.63, 3.8) is 0 Å². The van der Waals surface area contributed by atoms with E-state index in [9.17, 15) is 14.4 Å². The Balaban J connectivity index is 1.56. The number of rotatable bonds is 5. The van der Waals surface area contributed by atoms with Gasteiger partial charge in [0.1, 0.15) is 0 Å². The second-order valence-corrected chi connectivity index (χ2v) is 8.06. The van der Waals surface area contributed by atoms with E-state index in [1.807, 2.05) is 25.1 Å². The molecule has 1 aliphatic rings. The smallest absolute Gasteiger partial charge is 0.308 e. The number of carbonyl (C=O) groups excluding carboxylic acids is 3. The van der Waals surface area contributed by atoms with E-state index in [0.717, 1.165) is 16.1 Å². The van der Waals surface area contributed by atoms with Crippen LogP contribution in [0.15, 0.2) is 47.4 Å². The highest BCUT2D eigenvalue weighted by molar-refractivity contribution is 8.01. The van der Waals surface area contributed by atoms with Crippen LogP contribution in [0.2, 0.25) is 5.02 Å². The van der Waals surface area contributed by atoms with Gasteiger partial charge in [0.25, 0.3) is 5.91 Å². The Morgan fingerprint density at radius 2 is 2.04 bits per heavy atom. The number of ether oxygens (including phenoxy) is 1. The fraction of sp³-hybridized carbons (Fsp3) is 0.250. The van der Waals surface area contributed by atoms with Gasteiger partial charge in [-0.3, -0.25) is 14.4 Å². The van der Waals surface area contributed by atoms with Crippen LogP contribution in [0.1, 0.15) is 18.9 Å². The van der Waals surface area contributed by atoms with Crippen LogP contribution in [-0.2, 0) is 19.1 Å². The first kappa shape index (κ1) is 20.2. The normalized spacial score (nSPS) is 16.5. The van der Waals surface area contributed by atoms with E-state index in [-0.39, 0.29) is 12.3 Å². The first-order valence-electron chi connectivity index (χ1n) is 8.66. The number of para-hydroxylation sites is 1. The van der Waals surface area contributed by atoms with Gasteiger partial charge in [0, 0.05) is 15.6 Å². The zero-order chi connectivity index (χ0) is 20.3. The maximum Gasteiger partial charge on any atom is 0.308 e. The van der Waals surface area contributed by atoms with E-state index in [1.165, 1.54) is 18.7 Å². The van der Waals surface area contributed by atoms with Crippen LogP contribution in [0.4, 0.5) is 11.4 Å². The zero-order valence-corrected chi connectivity index (χ0v) is 16.9. The lowest BCUT2D eigenvalue weighted by Gasteiger charge is -2.23. The highest BCUT2D eigenvalue weighted by atomic mass is 35.5. The maximum absolute atomic E-state index is 12.3. The van der Waals surface area contributed by atoms with Crippen LogP contribution in [0.25, 0.3) is 0 Å². The largest absolute Gasteiger partial charge is 0.452 e. The number of nitrogens with one attached hydrogen (secondary N) is 2. The van der Waals surface area contributed by atoms with Crippen molar-refractivity contribution in [3.05, 3.63) is 53.1 Å². The first-order valence-corrected chi connectivity index (χ1v) is 9.92. The monoisotopic (exact) mass is 418 g/mol. The Labute approximate surface area is 172 Å². The average Bonchev–Trinajstić information content (AvgIpc) is 2.65. The molecule has 0 saturated heterocycles. The standard InChI is InChI=1S/C20H19ClN2O4S/c1-11-7-8-13(21)9-15(11)23-19(25)12(2)27-18(24)10-17-20(26)22-14-5-3-4-6-16(14)28-17/h3-9,12,17H,10H2,1-2H3,(H,22,26)(H,23,25)/t12-,17+/m1/s1. The van der Waals surface area contributed by atoms with Gasteiger partial charge in [0.15, 0.2) is 6.10 Å². The molecule has 0 bridgehead atoms. The maximum atomic E-state index is 12.3. The third-order valence-corrected chi connectivity index (χ3v) is 5.70. The highest BCUT2D eigenvalue weighted by Crippen LogP contribution is 2.36. The van der Waals surface area contributed by atoms with Crippen LogP contribution in [0.5, 0.6) is 0 Å². The molecule has 0 unspecified atom stereocenters. The van der Waals surface area contributed by atoms with Gasteiger partial charge in [0.05, 0.1) is 17.4 Å². The summed E-state index contributed by atoms with van der Waals surface area (Å²) in [5, 5.41) is 5.36. The SMILES string of the molecule is Cc1ccc(Cl)cc1NC(=O)[C@@H](C)OC(=O)C[C@@H]1Sc2ccccc2NC1=O. The van der Waals surface area contributed by atoms with E-state index in [1.54, 1.807) is 24.3 Å². The number of carbonyl (C=O) groups is 3. The first-order chi connectivity index (χ1) is 13.3. The molecule has 2 atom stereocenters. The number of benzene rings is 2. The van der Waals surface area contributed by atoms with Crippen molar-refractivity contribution in [2.24, 2.45) is 0 Å². The van der Waals surface area contributed by atoms with Crippen molar-refractivity contribution in [3.8, 4) is 0 Å². The van der Waals surface area contributed by atoms with Crippen molar-refractivity contribution in [2.75, 3.05) is 10.6 Å². The summed E-state index contributed by atoms with van der Waals surface area (Å²) in [5.74, 6) is -1.34. The summed E-state index contributed by atoms with van der Waals surface area (Å²) in [7, 11) is 0. The lowest BCUT2D eigenvalue weighted by Crippen LogP contribution is -2.34. The van der Waals surface area contributed by atoms with Crippen LogP contribution < -0.4 is 10.6 Å². The summed E-state index contributed by atoms with van der Waals surface area (Å²) in [6, 6.07) is 12.5. The number of hydrogen-bond acceptors (Lipinski definition) is 5. The molecule has 146 valence electrons. The van der Waals surface area contributed by atoms with Crippen molar-refractivity contribution in [2.45, 2.75) is 36.5 Å². The fourth-order valence-electron chi connectivity index (χ4n) is 2.64. The molecular formula is C20H19ClN2O4S. The highest BCUT2D eigenvalue weighted by Gasteiger charge is 2.30. The number of aryl methyl sites for hydroxylation is 1. The molecule has 0 saturated carbocycles. The van der Waals surface area contributed by atoms with Crippen LogP contribution in [-0.4, -0.2) is 29.1 Å². The molecule has 2 N–H and O–H groups in total. The van der Waals surface area contributed by atoms with E-state index in [0.29, 0.717) is 10.7 Å². The molecule has 2 aromatic carbocycles. The van der Waals surface area contributed by atoms with Gasteiger partial charge in [-0.1, -0.05) is 29.8 Å². The molecule has 1 heterocycles. The van der Waals surface area contributed by atoms with E-state index in [4.69, 9.17) is 16.3 Å². The summed E-state index contributed by atoms with van der Waals surface area (Å²) in [6.07, 6.45) is -1.13. The Morgan fingerprint density at radius 1 is 1.29 bits per heavy atom. The van der Waals surface area contributed by atoms with Crippen molar-refractivity contribution >= 4 is 52.5 Å². The van der Waals surface area contributed by atoms with Gasteiger partial charge >= 0.3 is 5.97 Å². The fourth-order valence-corrected chi connectivity index (χ4v) is 3.91. The summed E-state index contributed by atoms with van der Waals surface area (Å²) in [4.78, 5) is 37.6. The van der Waals surface area contributed by atoms with Crippen LogP contribution in [0.3, 0.4) is 0 Å². The molecule has 28 heavy (non-hydrogen) atoms. The Kier molecular flexibility index (Phi) is 6.26. The number of amides is 2. The summed E-state index contributed by atoms with van der Waals surface area (Å²) in [6.45, 7) is 3.32. The quantitative estimate of drug-likeness (QED) is 0.716. The molecule has 0 aliphatic carbocycles. The van der Waals surface area contributed by atoms with Crippen molar-refractivity contribution in [1.29, 1.82) is 0 Å². The van der Waals surface area contributed by atoms with Crippen LogP contribution in [0, 0.1) is 6.92 Å². The van der Waals surface area contributed by atoms with Gasteiger partial charge in [-0.25, -0.2) is 0 Å². The van der Waals surface area contributed by atoms with Gasteiger partial charge < -0.3 is 15.4 Å². The van der Waals surface area contributed by atoms with Gasteiger partial charge in [0.2, 0.25) is 5.91 Å². The molecule has 0 fully saturated rings. The Hall–Kier alpha value is -2.51. The van der Waals surface area contributed by atoms with Crippen LogP contribution >= 0.6 is 23.4 Å². The second kappa shape index (κ2) is 8.67. The predicted octanol–water partition coefficient (Wildman–Crippen LogP) is 4.02. The minimum Gasteiger partial charge on any atom is -0.452 e. The van der Waals surface area contributed by atoms with Crippen molar-refractivity contribution < 1.29 is 19.1 Å². The molecule has 0 aromatic heterocycles. The molecule has 0 radical (unpaired) electrons. The lowest BCUT2D eigenvalue weighted by atomic mass is 10.2. The van der Waals surface area contributed by atoms with E-state index < -0.39 is 23.2 Å². The van der Waals surface area contributed by atoms with Gasteiger partial charge in [-0.2, -0.15) is 0 Å². The van der Waals surface area contributed by atoms with Gasteiger partial charge in [-0.05, 0) is 43.7 Å². The molecular weight excluding hydrogens is 400 g/mol. The second-order valence-electron chi connectivity index (χ2n) is 6.38. The van der Waals surface area contributed by atoms with E-state index in [2.05, 4.69) is 10.6 Å². The zero-order valence-electron chi connectivity index (χ0n) is 15.3. The number of hydrogen-bond donors (Lipinski definition) is 2. The number of fused-ring (bicyclic) bond motifs is 1. The lowest BCUT2D eigenvalue weighted by molar-refractivity contribution is -0.153. The summed E-state index contributed by atoms with van der Waals surface area (Å²) < 4.78 is 5.22. The minimum absolute atomic E-state index is 0.126. The molecule has 6 nitrogen and oxygen atoms in total. The molecule has 8 heteroatoms. The predicted molar refractivity (Wildman–Crippen MR) is 110 cm³/mol. The van der Waals surface area contributed by atoms with Crippen molar-refractivity contribution in [1.82, 2.24) is 0 Å². The summed E-state index contributed by atoms with van der Waals surface area (Å²) >= 11 is 7.25. The Bertz CT molecular complexity index is 934. The average molecular weight is 419 g/mol.